The van der Waals surface area contributed by atoms with Gasteiger partial charge in [0.15, 0.2) is 16.6 Å². The first-order valence-corrected chi connectivity index (χ1v) is 10.1. The molecular weight excluding hydrogens is 410 g/mol. The monoisotopic (exact) mass is 435 g/mol. The number of methoxy groups -OCH3 is 2. The molecule has 0 spiro atoms. The van der Waals surface area contributed by atoms with Crippen LogP contribution in [0.1, 0.15) is 30.9 Å². The molecule has 0 aliphatic rings. The van der Waals surface area contributed by atoms with Crippen LogP contribution in [0.25, 0.3) is 0 Å². The first kappa shape index (κ1) is 22.8. The average Bonchev–Trinajstić information content (AvgIpc) is 2.73. The van der Waals surface area contributed by atoms with E-state index in [0.717, 1.165) is 24.0 Å². The Balaban J connectivity index is 1.86. The highest BCUT2D eigenvalue weighted by molar-refractivity contribution is 7.80. The van der Waals surface area contributed by atoms with Crippen molar-refractivity contribution in [2.45, 2.75) is 26.3 Å². The Morgan fingerprint density at radius 2 is 2.00 bits per heavy atom. The molecule has 2 aromatic rings. The Morgan fingerprint density at radius 3 is 2.69 bits per heavy atom. The van der Waals surface area contributed by atoms with Crippen LogP contribution in [0.15, 0.2) is 41.5 Å². The van der Waals surface area contributed by atoms with Crippen LogP contribution in [0, 0.1) is 0 Å². The predicted molar refractivity (Wildman–Crippen MR) is 122 cm³/mol. The maximum Gasteiger partial charge on any atom is 0.187 e. The van der Waals surface area contributed by atoms with E-state index in [1.54, 1.807) is 20.4 Å². The Labute approximate surface area is 182 Å². The smallest absolute Gasteiger partial charge is 0.187 e. The number of para-hydroxylation sites is 1. The fourth-order valence-corrected chi connectivity index (χ4v) is 2.88. The summed E-state index contributed by atoms with van der Waals surface area (Å²) < 4.78 is 16.3. The molecule has 156 valence electrons. The summed E-state index contributed by atoms with van der Waals surface area (Å²) in [6, 6.07) is 11.2. The molecule has 0 heterocycles. The summed E-state index contributed by atoms with van der Waals surface area (Å²) in [5.41, 5.74) is 4.54. The van der Waals surface area contributed by atoms with Crippen molar-refractivity contribution in [3.05, 3.63) is 52.5 Å². The van der Waals surface area contributed by atoms with Crippen LogP contribution < -0.4 is 25.0 Å². The van der Waals surface area contributed by atoms with Crippen molar-refractivity contribution in [3.63, 3.8) is 0 Å². The molecule has 0 saturated heterocycles. The minimum absolute atomic E-state index is 0.391. The molecule has 0 amide bonds. The molecule has 2 aromatic carbocycles. The maximum absolute atomic E-state index is 6.28. The second kappa shape index (κ2) is 12.1. The number of hydrogen-bond acceptors (Lipinski definition) is 5. The summed E-state index contributed by atoms with van der Waals surface area (Å²) in [6.45, 7) is 3.30. The molecule has 2 rings (SSSR count). The van der Waals surface area contributed by atoms with E-state index < -0.39 is 0 Å². The lowest BCUT2D eigenvalue weighted by Gasteiger charge is -2.11. The molecule has 0 unspecified atom stereocenters. The second-order valence-electron chi connectivity index (χ2n) is 6.10. The van der Waals surface area contributed by atoms with Gasteiger partial charge in [-0.05, 0) is 48.5 Å². The van der Waals surface area contributed by atoms with Crippen LogP contribution >= 0.6 is 23.8 Å². The molecule has 0 saturated carbocycles. The van der Waals surface area contributed by atoms with Gasteiger partial charge in [0.25, 0.3) is 0 Å². The van der Waals surface area contributed by atoms with E-state index in [4.69, 9.17) is 38.0 Å². The fourth-order valence-electron chi connectivity index (χ4n) is 2.49. The molecule has 0 atom stereocenters. The lowest BCUT2D eigenvalue weighted by Crippen LogP contribution is -2.31. The van der Waals surface area contributed by atoms with E-state index in [1.165, 1.54) is 0 Å². The third-order valence-electron chi connectivity index (χ3n) is 4.01. The molecule has 0 radical (unpaired) electrons. The SMILES string of the molecule is CCCCOc1ccc(CNC(=S)N/N=C\c2cccc(OC)c2OC)cc1Cl. The van der Waals surface area contributed by atoms with Gasteiger partial charge in [0.05, 0.1) is 32.1 Å². The van der Waals surface area contributed by atoms with Gasteiger partial charge in [0, 0.05) is 12.1 Å². The minimum atomic E-state index is 0.391. The average molecular weight is 436 g/mol. The van der Waals surface area contributed by atoms with Gasteiger partial charge in [-0.15, -0.1) is 0 Å². The molecular formula is C21H26ClN3O3S. The topological polar surface area (TPSA) is 64.1 Å². The summed E-state index contributed by atoms with van der Waals surface area (Å²) in [4.78, 5) is 0. The Bertz CT molecular complexity index is 846. The summed E-state index contributed by atoms with van der Waals surface area (Å²) in [6.07, 6.45) is 3.70. The first-order valence-electron chi connectivity index (χ1n) is 9.28. The highest BCUT2D eigenvalue weighted by Crippen LogP contribution is 2.29. The van der Waals surface area contributed by atoms with E-state index in [1.807, 2.05) is 36.4 Å². The van der Waals surface area contributed by atoms with Crippen molar-refractivity contribution in [2.24, 2.45) is 5.10 Å². The van der Waals surface area contributed by atoms with Crippen molar-refractivity contribution in [1.29, 1.82) is 0 Å². The van der Waals surface area contributed by atoms with Gasteiger partial charge in [-0.2, -0.15) is 5.10 Å². The van der Waals surface area contributed by atoms with E-state index in [9.17, 15) is 0 Å². The number of nitrogens with one attached hydrogen (secondary N) is 2. The lowest BCUT2D eigenvalue weighted by atomic mass is 10.2. The summed E-state index contributed by atoms with van der Waals surface area (Å²) >= 11 is 11.5. The zero-order valence-corrected chi connectivity index (χ0v) is 18.4. The van der Waals surface area contributed by atoms with Gasteiger partial charge in [-0.3, -0.25) is 5.43 Å². The van der Waals surface area contributed by atoms with Crippen molar-refractivity contribution >= 4 is 35.1 Å². The van der Waals surface area contributed by atoms with Gasteiger partial charge in [-0.1, -0.05) is 37.1 Å². The minimum Gasteiger partial charge on any atom is -0.493 e. The zero-order valence-electron chi connectivity index (χ0n) is 16.8. The first-order chi connectivity index (χ1) is 14.1. The molecule has 8 heteroatoms. The van der Waals surface area contributed by atoms with Crippen molar-refractivity contribution < 1.29 is 14.2 Å². The van der Waals surface area contributed by atoms with E-state index in [2.05, 4.69) is 22.8 Å². The number of hydrazone groups is 1. The number of unbranched alkanes of at least 4 members (excludes halogenated alkanes) is 1. The van der Waals surface area contributed by atoms with Crippen molar-refractivity contribution in [3.8, 4) is 17.2 Å². The van der Waals surface area contributed by atoms with Gasteiger partial charge in [-0.25, -0.2) is 0 Å². The normalized spacial score (nSPS) is 10.6. The number of benzene rings is 2. The Morgan fingerprint density at radius 1 is 1.17 bits per heavy atom. The molecule has 2 N–H and O–H groups in total. The molecule has 6 nitrogen and oxygen atoms in total. The second-order valence-corrected chi connectivity index (χ2v) is 6.92. The van der Waals surface area contributed by atoms with Crippen LogP contribution in [-0.4, -0.2) is 32.2 Å². The van der Waals surface area contributed by atoms with E-state index in [0.29, 0.717) is 40.5 Å². The number of ether oxygens (including phenoxy) is 3. The summed E-state index contributed by atoms with van der Waals surface area (Å²) in [7, 11) is 3.17. The van der Waals surface area contributed by atoms with E-state index in [-0.39, 0.29) is 0 Å². The van der Waals surface area contributed by atoms with Crippen LogP contribution in [0.4, 0.5) is 0 Å². The quantitative estimate of drug-likeness (QED) is 0.247. The summed E-state index contributed by atoms with van der Waals surface area (Å²) in [5, 5.41) is 8.21. The predicted octanol–water partition coefficient (Wildman–Crippen LogP) is 4.53. The standard InChI is InChI=1S/C21H26ClN3O3S/c1-4-5-11-28-18-10-9-15(12-17(18)22)13-23-21(29)25-24-14-16-7-6-8-19(26-2)20(16)27-3/h6-10,12,14H,4-5,11,13H2,1-3H3,(H2,23,25,29)/b24-14-. The zero-order chi connectivity index (χ0) is 21.1. The highest BCUT2D eigenvalue weighted by atomic mass is 35.5. The van der Waals surface area contributed by atoms with Gasteiger partial charge in [0.1, 0.15) is 5.75 Å². The number of halogens is 1. The Hall–Kier alpha value is -2.51. The molecule has 0 aliphatic heterocycles. The molecule has 0 fully saturated rings. The molecule has 0 bridgehead atoms. The van der Waals surface area contributed by atoms with Crippen LogP contribution in [-0.2, 0) is 6.54 Å². The summed E-state index contributed by atoms with van der Waals surface area (Å²) in [5.74, 6) is 1.94. The number of nitrogens with zero attached hydrogens (tertiary/aromatic N) is 1. The van der Waals surface area contributed by atoms with E-state index >= 15 is 0 Å². The van der Waals surface area contributed by atoms with Crippen molar-refractivity contribution in [1.82, 2.24) is 10.7 Å². The van der Waals surface area contributed by atoms with Crippen LogP contribution in [0.3, 0.4) is 0 Å². The lowest BCUT2D eigenvalue weighted by molar-refractivity contribution is 0.309. The van der Waals surface area contributed by atoms with Gasteiger partial charge in [0.2, 0.25) is 0 Å². The largest absolute Gasteiger partial charge is 0.493 e. The highest BCUT2D eigenvalue weighted by Gasteiger charge is 2.07. The third-order valence-corrected chi connectivity index (χ3v) is 4.54. The number of thiocarbonyl (C=S) groups is 1. The molecule has 0 aliphatic carbocycles. The van der Waals surface area contributed by atoms with Crippen molar-refractivity contribution in [2.75, 3.05) is 20.8 Å². The maximum atomic E-state index is 6.28. The fraction of sp³-hybridized carbons (Fsp3) is 0.333. The Kier molecular flexibility index (Phi) is 9.53. The molecule has 29 heavy (non-hydrogen) atoms. The molecule has 0 aromatic heterocycles. The van der Waals surface area contributed by atoms with Crippen LogP contribution in [0.2, 0.25) is 5.02 Å². The number of hydrogen-bond donors (Lipinski definition) is 2. The van der Waals surface area contributed by atoms with Gasteiger partial charge < -0.3 is 19.5 Å². The van der Waals surface area contributed by atoms with Crippen LogP contribution in [0.5, 0.6) is 17.2 Å². The number of rotatable bonds is 10. The third kappa shape index (κ3) is 7.11. The van der Waals surface area contributed by atoms with Gasteiger partial charge >= 0.3 is 0 Å².